The van der Waals surface area contributed by atoms with Gasteiger partial charge in [0.15, 0.2) is 0 Å². The molecule has 0 atom stereocenters. The Morgan fingerprint density at radius 2 is 1.85 bits per heavy atom. The van der Waals surface area contributed by atoms with Crippen LogP contribution in [0.25, 0.3) is 11.0 Å². The number of likely N-dealkylation sites (tertiary alicyclic amines) is 1. The van der Waals surface area contributed by atoms with Crippen LogP contribution in [0.4, 0.5) is 0 Å². The molecule has 5 nitrogen and oxygen atoms in total. The van der Waals surface area contributed by atoms with Gasteiger partial charge in [-0.25, -0.2) is 4.98 Å². The molecule has 0 bridgehead atoms. The molecule has 2 fully saturated rings. The molecule has 0 unspecified atom stereocenters. The van der Waals surface area contributed by atoms with Crippen molar-refractivity contribution in [1.82, 2.24) is 19.8 Å². The zero-order valence-electron chi connectivity index (χ0n) is 16.5. The van der Waals surface area contributed by atoms with Crippen molar-refractivity contribution in [2.24, 2.45) is 5.92 Å². The van der Waals surface area contributed by atoms with Crippen LogP contribution >= 0.6 is 0 Å². The Kier molecular flexibility index (Phi) is 5.77. The fraction of sp³-hybridized carbons (Fsp3) is 0.636. The summed E-state index contributed by atoms with van der Waals surface area (Å²) in [5, 5.41) is 3.25. The molecule has 27 heavy (non-hydrogen) atoms. The van der Waals surface area contributed by atoms with Crippen LogP contribution < -0.4 is 5.32 Å². The van der Waals surface area contributed by atoms with E-state index in [0.717, 1.165) is 56.7 Å². The van der Waals surface area contributed by atoms with Crippen molar-refractivity contribution < 1.29 is 4.79 Å². The van der Waals surface area contributed by atoms with E-state index < -0.39 is 0 Å². The lowest BCUT2D eigenvalue weighted by atomic mass is 9.95. The molecule has 1 saturated heterocycles. The maximum Gasteiger partial charge on any atom is 0.234 e. The number of fused-ring (bicyclic) bond motifs is 1. The molecule has 2 heterocycles. The van der Waals surface area contributed by atoms with E-state index in [2.05, 4.69) is 51.0 Å². The minimum absolute atomic E-state index is 0.219. The second-order valence-corrected chi connectivity index (χ2v) is 8.38. The number of para-hydroxylation sites is 2. The normalized spacial score (nSPS) is 20.2. The van der Waals surface area contributed by atoms with Gasteiger partial charge in [-0.15, -0.1) is 0 Å². The van der Waals surface area contributed by atoms with Crippen molar-refractivity contribution in [3.8, 4) is 0 Å². The van der Waals surface area contributed by atoms with Gasteiger partial charge in [-0.3, -0.25) is 9.69 Å². The average Bonchev–Trinajstić information content (AvgIpc) is 2.99. The summed E-state index contributed by atoms with van der Waals surface area (Å²) in [5.74, 6) is 1.99. The number of hydrogen-bond donors (Lipinski definition) is 1. The quantitative estimate of drug-likeness (QED) is 0.879. The smallest absolute Gasteiger partial charge is 0.234 e. The van der Waals surface area contributed by atoms with Gasteiger partial charge >= 0.3 is 0 Å². The molecule has 4 rings (SSSR count). The van der Waals surface area contributed by atoms with E-state index in [0.29, 0.717) is 18.5 Å². The number of hydrogen-bond acceptors (Lipinski definition) is 3. The third kappa shape index (κ3) is 4.52. The number of carbonyl (C=O) groups is 1. The molecule has 0 spiro atoms. The molecular formula is C22H32N4O. The predicted molar refractivity (Wildman–Crippen MR) is 109 cm³/mol. The van der Waals surface area contributed by atoms with Gasteiger partial charge in [0.1, 0.15) is 5.82 Å². The summed E-state index contributed by atoms with van der Waals surface area (Å²) in [5.41, 5.74) is 2.33. The van der Waals surface area contributed by atoms with Crippen LogP contribution in [0.2, 0.25) is 0 Å². The summed E-state index contributed by atoms with van der Waals surface area (Å²) in [6.07, 6.45) is 8.48. The van der Waals surface area contributed by atoms with E-state index in [1.54, 1.807) is 0 Å². The van der Waals surface area contributed by atoms with Crippen molar-refractivity contribution in [2.75, 3.05) is 19.6 Å². The minimum Gasteiger partial charge on any atom is -0.352 e. The predicted octanol–water partition coefficient (Wildman–Crippen LogP) is 3.51. The van der Waals surface area contributed by atoms with Crippen LogP contribution in [0, 0.1) is 12.8 Å². The van der Waals surface area contributed by atoms with E-state index in [4.69, 9.17) is 0 Å². The van der Waals surface area contributed by atoms with E-state index in [1.165, 1.54) is 24.8 Å². The van der Waals surface area contributed by atoms with Gasteiger partial charge in [-0.1, -0.05) is 31.4 Å². The molecule has 1 aliphatic carbocycles. The molecule has 0 radical (unpaired) electrons. The van der Waals surface area contributed by atoms with Crippen LogP contribution in [0.3, 0.4) is 0 Å². The second-order valence-electron chi connectivity index (χ2n) is 8.38. The van der Waals surface area contributed by atoms with Crippen LogP contribution in [0.1, 0.15) is 50.8 Å². The highest BCUT2D eigenvalue weighted by atomic mass is 16.2. The molecule has 1 saturated carbocycles. The fourth-order valence-electron chi connectivity index (χ4n) is 4.74. The van der Waals surface area contributed by atoms with Crippen LogP contribution in [0.15, 0.2) is 24.3 Å². The monoisotopic (exact) mass is 368 g/mol. The summed E-state index contributed by atoms with van der Waals surface area (Å²) < 4.78 is 2.37. The van der Waals surface area contributed by atoms with Gasteiger partial charge in [0, 0.05) is 12.6 Å². The van der Waals surface area contributed by atoms with Gasteiger partial charge in [-0.2, -0.15) is 0 Å². The van der Waals surface area contributed by atoms with Gasteiger partial charge in [0.25, 0.3) is 0 Å². The molecule has 2 aromatic rings. The first kappa shape index (κ1) is 18.5. The molecule has 1 aliphatic heterocycles. The number of carbonyl (C=O) groups excluding carboxylic acids is 1. The number of piperidine rings is 1. The van der Waals surface area contributed by atoms with Crippen molar-refractivity contribution in [2.45, 2.75) is 64.5 Å². The number of aromatic nitrogens is 2. The SMILES string of the molecule is Cc1nc2ccccc2n1CC1CCN(CC(=O)NC2CCCCC2)CC1. The largest absolute Gasteiger partial charge is 0.352 e. The highest BCUT2D eigenvalue weighted by molar-refractivity contribution is 5.78. The summed E-state index contributed by atoms with van der Waals surface area (Å²) in [4.78, 5) is 19.4. The molecular weight excluding hydrogens is 336 g/mol. The Balaban J connectivity index is 1.26. The first-order chi connectivity index (χ1) is 13.2. The zero-order chi connectivity index (χ0) is 18.6. The maximum absolute atomic E-state index is 12.3. The third-order valence-corrected chi connectivity index (χ3v) is 6.33. The molecule has 146 valence electrons. The zero-order valence-corrected chi connectivity index (χ0v) is 16.5. The first-order valence-corrected chi connectivity index (χ1v) is 10.6. The lowest BCUT2D eigenvalue weighted by molar-refractivity contribution is -0.123. The minimum atomic E-state index is 0.219. The number of amides is 1. The number of imidazole rings is 1. The van der Waals surface area contributed by atoms with E-state index in [-0.39, 0.29) is 5.91 Å². The van der Waals surface area contributed by atoms with Crippen molar-refractivity contribution >= 4 is 16.9 Å². The Labute approximate surface area is 162 Å². The summed E-state index contributed by atoms with van der Waals surface area (Å²) in [6.45, 7) is 5.75. The fourth-order valence-corrected chi connectivity index (χ4v) is 4.74. The summed E-state index contributed by atoms with van der Waals surface area (Å²) >= 11 is 0. The molecule has 1 amide bonds. The van der Waals surface area contributed by atoms with Crippen LogP contribution in [0.5, 0.6) is 0 Å². The highest BCUT2D eigenvalue weighted by Crippen LogP contribution is 2.23. The Morgan fingerprint density at radius 1 is 1.11 bits per heavy atom. The van der Waals surface area contributed by atoms with Gasteiger partial charge in [0.2, 0.25) is 5.91 Å². The number of rotatable bonds is 5. The maximum atomic E-state index is 12.3. The number of nitrogens with zero attached hydrogens (tertiary/aromatic N) is 3. The Hall–Kier alpha value is -1.88. The number of aryl methyl sites for hydroxylation is 1. The van der Waals surface area contributed by atoms with Gasteiger partial charge < -0.3 is 9.88 Å². The third-order valence-electron chi connectivity index (χ3n) is 6.33. The number of nitrogens with one attached hydrogen (secondary N) is 1. The lowest BCUT2D eigenvalue weighted by Crippen LogP contribution is -2.45. The van der Waals surface area contributed by atoms with Gasteiger partial charge in [0.05, 0.1) is 17.6 Å². The summed E-state index contributed by atoms with van der Waals surface area (Å²) in [6, 6.07) is 8.82. The standard InChI is InChI=1S/C22H32N4O/c1-17-23-20-9-5-6-10-21(20)26(17)15-18-11-13-25(14-12-18)16-22(27)24-19-7-3-2-4-8-19/h5-6,9-10,18-19H,2-4,7-8,11-16H2,1H3,(H,24,27). The van der Waals surface area contributed by atoms with Crippen LogP contribution in [-0.4, -0.2) is 46.0 Å². The number of benzene rings is 1. The van der Waals surface area contributed by atoms with Crippen molar-refractivity contribution in [1.29, 1.82) is 0 Å². The Bertz CT molecular complexity index is 770. The highest BCUT2D eigenvalue weighted by Gasteiger charge is 2.23. The topological polar surface area (TPSA) is 50.2 Å². The molecule has 1 aromatic heterocycles. The van der Waals surface area contributed by atoms with Crippen LogP contribution in [-0.2, 0) is 11.3 Å². The Morgan fingerprint density at radius 3 is 2.63 bits per heavy atom. The van der Waals surface area contributed by atoms with Crippen molar-refractivity contribution in [3.05, 3.63) is 30.1 Å². The van der Waals surface area contributed by atoms with Crippen molar-refractivity contribution in [3.63, 3.8) is 0 Å². The average molecular weight is 369 g/mol. The molecule has 5 heteroatoms. The van der Waals surface area contributed by atoms with E-state index in [1.807, 2.05) is 0 Å². The first-order valence-electron chi connectivity index (χ1n) is 10.6. The van der Waals surface area contributed by atoms with E-state index >= 15 is 0 Å². The summed E-state index contributed by atoms with van der Waals surface area (Å²) in [7, 11) is 0. The molecule has 2 aliphatic rings. The lowest BCUT2D eigenvalue weighted by Gasteiger charge is -2.32. The molecule has 1 N–H and O–H groups in total. The second kappa shape index (κ2) is 8.42. The van der Waals surface area contributed by atoms with E-state index in [9.17, 15) is 4.79 Å². The molecule has 1 aromatic carbocycles. The van der Waals surface area contributed by atoms with Gasteiger partial charge in [-0.05, 0) is 63.7 Å².